The molecule has 65 valence electrons. The van der Waals surface area contributed by atoms with Crippen LogP contribution in [-0.4, -0.2) is 0 Å². The molecule has 0 aliphatic carbocycles. The molecule has 0 N–H and O–H groups in total. The normalized spacial score (nSPS) is 11.6. The molecule has 1 aromatic rings. The predicted molar refractivity (Wildman–Crippen MR) is 44.9 cm³/mol. The van der Waals surface area contributed by atoms with Crippen molar-refractivity contribution in [2.24, 2.45) is 0 Å². The zero-order valence-electron chi connectivity index (χ0n) is 6.76. The Morgan fingerprint density at radius 1 is 1.17 bits per heavy atom. The number of hydrogen-bond donors (Lipinski definition) is 0. The van der Waals surface area contributed by atoms with Crippen molar-refractivity contribution in [2.75, 3.05) is 0 Å². The summed E-state index contributed by atoms with van der Waals surface area (Å²) in [5.41, 5.74) is 0.0775. The summed E-state index contributed by atoms with van der Waals surface area (Å²) >= 11 is 0. The molecule has 0 atom stereocenters. The highest BCUT2D eigenvalue weighted by Crippen LogP contribution is 2.32. The Morgan fingerprint density at radius 3 is 2.25 bits per heavy atom. The van der Waals surface area contributed by atoms with E-state index in [1.54, 1.807) is 18.2 Å². The van der Waals surface area contributed by atoms with Gasteiger partial charge in [-0.2, -0.15) is 0 Å². The molecule has 12 heavy (non-hydrogen) atoms. The number of alkyl halides is 2. The van der Waals surface area contributed by atoms with Gasteiger partial charge in [0.05, 0.1) is 0 Å². The van der Waals surface area contributed by atoms with Gasteiger partial charge in [0.1, 0.15) is 0 Å². The number of rotatable bonds is 3. The number of hydrogen-bond acceptors (Lipinski definition) is 0. The molecule has 1 aromatic carbocycles. The van der Waals surface area contributed by atoms with Crippen LogP contribution in [0.2, 0.25) is 0 Å². The zero-order valence-corrected chi connectivity index (χ0v) is 6.76. The molecule has 0 amide bonds. The van der Waals surface area contributed by atoms with Crippen LogP contribution >= 0.6 is 0 Å². The standard InChI is InChI=1S/C10H11F2/c1-2-8-10(11,12)9-6-4-3-5-7-9/h3-7H,1-2,8H2. The first kappa shape index (κ1) is 9.17. The lowest BCUT2D eigenvalue weighted by Crippen LogP contribution is -2.12. The van der Waals surface area contributed by atoms with Gasteiger partial charge in [0.2, 0.25) is 0 Å². The first-order valence-electron chi connectivity index (χ1n) is 3.89. The zero-order chi connectivity index (χ0) is 9.03. The number of halogens is 2. The third-order valence-corrected chi connectivity index (χ3v) is 1.69. The Kier molecular flexibility index (Phi) is 2.79. The third kappa shape index (κ3) is 2.03. The fourth-order valence-corrected chi connectivity index (χ4v) is 1.05. The molecular weight excluding hydrogens is 158 g/mol. The van der Waals surface area contributed by atoms with Crippen LogP contribution in [0.25, 0.3) is 0 Å². The topological polar surface area (TPSA) is 0 Å². The summed E-state index contributed by atoms with van der Waals surface area (Å²) < 4.78 is 26.2. The van der Waals surface area contributed by atoms with Gasteiger partial charge in [0.15, 0.2) is 0 Å². The Balaban J connectivity index is 2.82. The largest absolute Gasteiger partial charge is 0.273 e. The van der Waals surface area contributed by atoms with Gasteiger partial charge in [0.25, 0.3) is 5.92 Å². The lowest BCUT2D eigenvalue weighted by atomic mass is 10.0. The van der Waals surface area contributed by atoms with Crippen molar-refractivity contribution in [1.82, 2.24) is 0 Å². The molecule has 0 aromatic heterocycles. The van der Waals surface area contributed by atoms with E-state index in [1.807, 2.05) is 0 Å². The maximum absolute atomic E-state index is 13.1. The van der Waals surface area contributed by atoms with Gasteiger partial charge in [-0.15, -0.1) is 0 Å². The minimum Gasteiger partial charge on any atom is -0.201 e. The molecule has 0 aliphatic rings. The van der Waals surface area contributed by atoms with E-state index in [-0.39, 0.29) is 18.4 Å². The average molecular weight is 169 g/mol. The summed E-state index contributed by atoms with van der Waals surface area (Å²) in [7, 11) is 0. The summed E-state index contributed by atoms with van der Waals surface area (Å²) in [5.74, 6) is -2.72. The van der Waals surface area contributed by atoms with E-state index in [2.05, 4.69) is 6.92 Å². The highest BCUT2D eigenvalue weighted by molar-refractivity contribution is 5.19. The second kappa shape index (κ2) is 3.65. The van der Waals surface area contributed by atoms with E-state index >= 15 is 0 Å². The minimum atomic E-state index is -2.72. The monoisotopic (exact) mass is 169 g/mol. The van der Waals surface area contributed by atoms with Gasteiger partial charge < -0.3 is 0 Å². The smallest absolute Gasteiger partial charge is 0.201 e. The fraction of sp³-hybridized carbons (Fsp3) is 0.300. The second-order valence-electron chi connectivity index (χ2n) is 2.67. The molecule has 2 heteroatoms. The first-order chi connectivity index (χ1) is 5.67. The predicted octanol–water partition coefficient (Wildman–Crippen LogP) is 3.39. The van der Waals surface area contributed by atoms with E-state index in [1.165, 1.54) is 12.1 Å². The Bertz CT molecular complexity index is 229. The molecule has 0 saturated carbocycles. The van der Waals surface area contributed by atoms with Gasteiger partial charge in [-0.05, 0) is 6.42 Å². The van der Waals surface area contributed by atoms with E-state index in [4.69, 9.17) is 0 Å². The van der Waals surface area contributed by atoms with E-state index in [9.17, 15) is 8.78 Å². The van der Waals surface area contributed by atoms with Gasteiger partial charge in [-0.1, -0.05) is 37.3 Å². The van der Waals surface area contributed by atoms with Crippen LogP contribution in [0.15, 0.2) is 30.3 Å². The quantitative estimate of drug-likeness (QED) is 0.650. The highest BCUT2D eigenvalue weighted by Gasteiger charge is 2.29. The molecule has 0 heterocycles. The van der Waals surface area contributed by atoms with Crippen LogP contribution in [0.5, 0.6) is 0 Å². The van der Waals surface area contributed by atoms with Crippen molar-refractivity contribution < 1.29 is 8.78 Å². The van der Waals surface area contributed by atoms with Gasteiger partial charge in [-0.25, -0.2) is 8.78 Å². The highest BCUT2D eigenvalue weighted by atomic mass is 19.3. The molecule has 0 fully saturated rings. The summed E-state index contributed by atoms with van der Waals surface area (Å²) in [5, 5.41) is 0. The second-order valence-corrected chi connectivity index (χ2v) is 2.67. The minimum absolute atomic E-state index is 0.0775. The SMILES string of the molecule is [CH2]CCC(F)(F)c1ccccc1. The maximum atomic E-state index is 13.1. The van der Waals surface area contributed by atoms with Gasteiger partial charge in [0, 0.05) is 12.0 Å². The van der Waals surface area contributed by atoms with Gasteiger partial charge in [-0.3, -0.25) is 0 Å². The van der Waals surface area contributed by atoms with E-state index in [0.29, 0.717) is 0 Å². The maximum Gasteiger partial charge on any atom is 0.273 e. The summed E-state index contributed by atoms with van der Waals surface area (Å²) in [6.07, 6.45) is 0.0684. The first-order valence-corrected chi connectivity index (χ1v) is 3.89. The van der Waals surface area contributed by atoms with Crippen LogP contribution in [0.4, 0.5) is 8.78 Å². The molecule has 0 aliphatic heterocycles. The Hall–Kier alpha value is -0.920. The van der Waals surface area contributed by atoms with E-state index < -0.39 is 5.92 Å². The molecule has 0 nitrogen and oxygen atoms in total. The third-order valence-electron chi connectivity index (χ3n) is 1.69. The van der Waals surface area contributed by atoms with Crippen molar-refractivity contribution in [2.45, 2.75) is 18.8 Å². The molecule has 1 radical (unpaired) electrons. The lowest BCUT2D eigenvalue weighted by molar-refractivity contribution is -0.0125. The Morgan fingerprint density at radius 2 is 1.75 bits per heavy atom. The molecule has 0 bridgehead atoms. The van der Waals surface area contributed by atoms with Crippen LogP contribution in [0, 0.1) is 6.92 Å². The average Bonchev–Trinajstić information content (AvgIpc) is 2.06. The van der Waals surface area contributed by atoms with Crippen LogP contribution in [-0.2, 0) is 5.92 Å². The molecule has 0 spiro atoms. The van der Waals surface area contributed by atoms with E-state index in [0.717, 1.165) is 0 Å². The van der Waals surface area contributed by atoms with Crippen molar-refractivity contribution in [1.29, 1.82) is 0 Å². The summed E-state index contributed by atoms with van der Waals surface area (Å²) in [6, 6.07) is 7.84. The summed E-state index contributed by atoms with van der Waals surface area (Å²) in [6.45, 7) is 3.42. The van der Waals surface area contributed by atoms with Crippen molar-refractivity contribution in [3.63, 3.8) is 0 Å². The molecule has 1 rings (SSSR count). The van der Waals surface area contributed by atoms with Crippen molar-refractivity contribution >= 4 is 0 Å². The fourth-order valence-electron chi connectivity index (χ4n) is 1.05. The summed E-state index contributed by atoms with van der Waals surface area (Å²) in [4.78, 5) is 0. The number of benzene rings is 1. The Labute approximate surface area is 71.2 Å². The van der Waals surface area contributed by atoms with Crippen molar-refractivity contribution in [3.8, 4) is 0 Å². The van der Waals surface area contributed by atoms with Gasteiger partial charge >= 0.3 is 0 Å². The molecule has 0 unspecified atom stereocenters. The lowest BCUT2D eigenvalue weighted by Gasteiger charge is -2.14. The molecular formula is C10H11F2. The molecule has 0 saturated heterocycles. The van der Waals surface area contributed by atoms with Crippen LogP contribution in [0.1, 0.15) is 18.4 Å². The van der Waals surface area contributed by atoms with Crippen LogP contribution < -0.4 is 0 Å². The van der Waals surface area contributed by atoms with Crippen molar-refractivity contribution in [3.05, 3.63) is 42.8 Å². The van der Waals surface area contributed by atoms with Crippen LogP contribution in [0.3, 0.4) is 0 Å².